The minimum atomic E-state index is -3.79. The number of unbranched alkanes of at least 4 members (excludes halogenated alkanes) is 1. The summed E-state index contributed by atoms with van der Waals surface area (Å²) in [5.41, 5.74) is -0.655. The zero-order valence-corrected chi connectivity index (χ0v) is 18.7. The van der Waals surface area contributed by atoms with E-state index in [1.165, 1.54) is 10.6 Å². The summed E-state index contributed by atoms with van der Waals surface area (Å²) in [5, 5.41) is 1.62. The lowest BCUT2D eigenvalue weighted by atomic mass is 10.3. The lowest BCUT2D eigenvalue weighted by Gasteiger charge is -2.08. The van der Waals surface area contributed by atoms with Crippen LogP contribution in [0.15, 0.2) is 31.3 Å². The lowest BCUT2D eigenvalue weighted by Crippen LogP contribution is -2.31. The molecule has 0 aliphatic heterocycles. The Balaban J connectivity index is 1.78. The van der Waals surface area contributed by atoms with Gasteiger partial charge in [0.15, 0.2) is 11.2 Å². The van der Waals surface area contributed by atoms with Crippen molar-refractivity contribution in [2.45, 2.75) is 50.6 Å². The van der Waals surface area contributed by atoms with Gasteiger partial charge in [-0.15, -0.1) is 11.3 Å². The Hall–Kier alpha value is -2.77. The molecule has 0 fully saturated rings. The molecule has 0 unspecified atom stereocenters. The molecule has 3 heterocycles. The monoisotopic (exact) mass is 469 g/mol. The van der Waals surface area contributed by atoms with Crippen molar-refractivity contribution in [3.63, 3.8) is 0 Å². The molecule has 3 aromatic rings. The standard InChI is InChI=1S/C18H23N5O6S2/c1-3-5-8-23-16-15(17(25)21-18(23)26)22(4-2)12(20-16)11-29-13(24)10-19-31(27,28)14-7-6-9-30-14/h6-7,9,19H,3-5,8,10-11H2,1-2H3,(H,21,25,26). The fraction of sp³-hybridized carbons (Fsp3) is 0.444. The van der Waals surface area contributed by atoms with Crippen LogP contribution in [0.3, 0.4) is 0 Å². The molecule has 3 aromatic heterocycles. The molecule has 31 heavy (non-hydrogen) atoms. The number of aromatic amines is 1. The molecule has 0 aliphatic carbocycles. The second kappa shape index (κ2) is 9.58. The number of rotatable bonds is 10. The molecule has 0 aromatic carbocycles. The first-order valence-electron chi connectivity index (χ1n) is 9.69. The van der Waals surface area contributed by atoms with Crippen LogP contribution in [0.5, 0.6) is 0 Å². The number of nitrogens with zero attached hydrogens (tertiary/aromatic N) is 3. The third-order valence-electron chi connectivity index (χ3n) is 4.54. The predicted octanol–water partition coefficient (Wildman–Crippen LogP) is 0.790. The van der Waals surface area contributed by atoms with Gasteiger partial charge in [0.1, 0.15) is 23.2 Å². The van der Waals surface area contributed by atoms with Gasteiger partial charge in [-0.25, -0.2) is 18.2 Å². The summed E-state index contributed by atoms with van der Waals surface area (Å²) < 4.78 is 34.6. The Morgan fingerprint density at radius 1 is 1.29 bits per heavy atom. The number of thiophene rings is 1. The number of aryl methyl sites for hydroxylation is 2. The average Bonchev–Trinajstić information content (AvgIpc) is 3.39. The van der Waals surface area contributed by atoms with Crippen molar-refractivity contribution in [2.75, 3.05) is 6.54 Å². The molecule has 2 N–H and O–H groups in total. The van der Waals surface area contributed by atoms with Crippen LogP contribution in [0, 0.1) is 0 Å². The minimum Gasteiger partial charge on any atom is -0.457 e. The van der Waals surface area contributed by atoms with E-state index in [2.05, 4.69) is 14.7 Å². The number of H-pyrrole nitrogens is 1. The number of sulfonamides is 1. The number of carbonyl (C=O) groups excluding carboxylic acids is 1. The number of fused-ring (bicyclic) bond motifs is 1. The van der Waals surface area contributed by atoms with E-state index in [1.807, 2.05) is 6.92 Å². The number of hydrogen-bond acceptors (Lipinski definition) is 8. The van der Waals surface area contributed by atoms with Gasteiger partial charge >= 0.3 is 11.7 Å². The molecule has 0 saturated carbocycles. The van der Waals surface area contributed by atoms with Gasteiger partial charge in [0.05, 0.1) is 0 Å². The smallest absolute Gasteiger partial charge is 0.330 e. The third kappa shape index (κ3) is 4.94. The van der Waals surface area contributed by atoms with E-state index in [-0.39, 0.29) is 27.8 Å². The van der Waals surface area contributed by atoms with Gasteiger partial charge in [-0.2, -0.15) is 4.72 Å². The Bertz CT molecular complexity index is 1290. The van der Waals surface area contributed by atoms with E-state index in [0.29, 0.717) is 13.1 Å². The highest BCUT2D eigenvalue weighted by atomic mass is 32.2. The first-order valence-corrected chi connectivity index (χ1v) is 12.1. The SMILES string of the molecule is CCCCn1c(=O)[nH]c(=O)c2c1nc(COC(=O)CNS(=O)(=O)c1cccs1)n2CC. The van der Waals surface area contributed by atoms with Crippen LogP contribution < -0.4 is 16.0 Å². The van der Waals surface area contributed by atoms with Crippen LogP contribution in [0.2, 0.25) is 0 Å². The molecule has 0 saturated heterocycles. The Kier molecular flexibility index (Phi) is 7.08. The number of aromatic nitrogens is 4. The average molecular weight is 470 g/mol. The largest absolute Gasteiger partial charge is 0.457 e. The molecular formula is C18H23N5O6S2. The van der Waals surface area contributed by atoms with Crippen molar-refractivity contribution >= 4 is 38.5 Å². The fourth-order valence-corrected chi connectivity index (χ4v) is 5.04. The molecule has 11 nitrogen and oxygen atoms in total. The molecule has 3 rings (SSSR count). The van der Waals surface area contributed by atoms with E-state index >= 15 is 0 Å². The molecule has 13 heteroatoms. The number of hydrogen-bond donors (Lipinski definition) is 2. The van der Waals surface area contributed by atoms with Gasteiger partial charge in [0.25, 0.3) is 15.6 Å². The molecule has 0 amide bonds. The number of carbonyl (C=O) groups is 1. The van der Waals surface area contributed by atoms with Gasteiger partial charge in [-0.1, -0.05) is 19.4 Å². The third-order valence-corrected chi connectivity index (χ3v) is 7.34. The molecule has 168 valence electrons. The van der Waals surface area contributed by atoms with Gasteiger partial charge in [-0.3, -0.25) is 19.1 Å². The second-order valence-electron chi connectivity index (χ2n) is 6.63. The molecular weight excluding hydrogens is 446 g/mol. The van der Waals surface area contributed by atoms with Gasteiger partial charge in [0.2, 0.25) is 0 Å². The number of ether oxygens (including phenoxy) is 1. The lowest BCUT2D eigenvalue weighted by molar-refractivity contribution is -0.143. The predicted molar refractivity (Wildman–Crippen MR) is 114 cm³/mol. The Morgan fingerprint density at radius 3 is 2.71 bits per heavy atom. The van der Waals surface area contributed by atoms with Gasteiger partial charge in [-0.05, 0) is 24.8 Å². The fourth-order valence-electron chi connectivity index (χ4n) is 3.03. The summed E-state index contributed by atoms with van der Waals surface area (Å²) in [5.74, 6) is -0.513. The van der Waals surface area contributed by atoms with Crippen LogP contribution in [0.4, 0.5) is 0 Å². The molecule has 0 bridgehead atoms. The van der Waals surface area contributed by atoms with Crippen molar-refractivity contribution in [1.29, 1.82) is 0 Å². The van der Waals surface area contributed by atoms with Crippen molar-refractivity contribution in [3.8, 4) is 0 Å². The van der Waals surface area contributed by atoms with E-state index in [1.54, 1.807) is 22.9 Å². The number of imidazole rings is 1. The van der Waals surface area contributed by atoms with E-state index in [9.17, 15) is 22.8 Å². The maximum Gasteiger partial charge on any atom is 0.330 e. The summed E-state index contributed by atoms with van der Waals surface area (Å²) in [6.45, 7) is 3.72. The van der Waals surface area contributed by atoms with Gasteiger partial charge in [0, 0.05) is 13.1 Å². The zero-order chi connectivity index (χ0) is 22.6. The highest BCUT2D eigenvalue weighted by Gasteiger charge is 2.20. The molecule has 0 atom stereocenters. The molecule has 0 spiro atoms. The quantitative estimate of drug-likeness (QED) is 0.418. The topological polar surface area (TPSA) is 145 Å². The highest BCUT2D eigenvalue weighted by molar-refractivity contribution is 7.91. The maximum absolute atomic E-state index is 12.4. The van der Waals surface area contributed by atoms with Crippen LogP contribution in [0.1, 0.15) is 32.5 Å². The Labute approximate surface area is 181 Å². The summed E-state index contributed by atoms with van der Waals surface area (Å²) in [6, 6.07) is 3.02. The first kappa shape index (κ1) is 22.9. The second-order valence-corrected chi connectivity index (χ2v) is 9.57. The molecule has 0 aliphatic rings. The Morgan fingerprint density at radius 2 is 2.06 bits per heavy atom. The normalized spacial score (nSPS) is 11.8. The van der Waals surface area contributed by atoms with Gasteiger partial charge < -0.3 is 9.30 Å². The van der Waals surface area contributed by atoms with E-state index in [0.717, 1.165) is 24.2 Å². The summed E-state index contributed by atoms with van der Waals surface area (Å²) in [4.78, 5) is 43.3. The number of esters is 1. The summed E-state index contributed by atoms with van der Waals surface area (Å²) in [7, 11) is -3.79. The van der Waals surface area contributed by atoms with Crippen LogP contribution in [-0.2, 0) is 39.3 Å². The van der Waals surface area contributed by atoms with Crippen molar-refractivity contribution in [3.05, 3.63) is 44.2 Å². The van der Waals surface area contributed by atoms with Crippen LogP contribution in [0.25, 0.3) is 11.2 Å². The highest BCUT2D eigenvalue weighted by Crippen LogP contribution is 2.15. The maximum atomic E-state index is 12.4. The van der Waals surface area contributed by atoms with Crippen molar-refractivity contribution in [1.82, 2.24) is 23.8 Å². The van der Waals surface area contributed by atoms with Crippen LogP contribution >= 0.6 is 11.3 Å². The van der Waals surface area contributed by atoms with E-state index < -0.39 is 33.8 Å². The first-order chi connectivity index (χ1) is 14.8. The van der Waals surface area contributed by atoms with Crippen molar-refractivity contribution < 1.29 is 17.9 Å². The van der Waals surface area contributed by atoms with Crippen molar-refractivity contribution in [2.24, 2.45) is 0 Å². The number of nitrogens with one attached hydrogen (secondary N) is 2. The zero-order valence-electron chi connectivity index (χ0n) is 17.1. The van der Waals surface area contributed by atoms with E-state index in [4.69, 9.17) is 4.74 Å². The summed E-state index contributed by atoms with van der Waals surface area (Å²) in [6.07, 6.45) is 1.59. The summed E-state index contributed by atoms with van der Waals surface area (Å²) >= 11 is 1.03. The minimum absolute atomic E-state index is 0.0948. The van der Waals surface area contributed by atoms with Crippen LogP contribution in [-0.4, -0.2) is 40.0 Å². The molecule has 0 radical (unpaired) electrons.